The Morgan fingerprint density at radius 2 is 1.68 bits per heavy atom. The summed E-state index contributed by atoms with van der Waals surface area (Å²) in [5.74, 6) is 0.772. The van der Waals surface area contributed by atoms with Crippen LogP contribution in [0.1, 0.15) is 21.5 Å². The molecule has 1 aliphatic heterocycles. The van der Waals surface area contributed by atoms with Crippen LogP contribution in [0.2, 0.25) is 0 Å². The van der Waals surface area contributed by atoms with E-state index in [1.165, 1.54) is 0 Å². The maximum atomic E-state index is 12.1. The lowest BCUT2D eigenvalue weighted by molar-refractivity contribution is -0.144. The molecule has 6 heteroatoms. The predicted octanol–water partition coefficient (Wildman–Crippen LogP) is 2.84. The van der Waals surface area contributed by atoms with Crippen molar-refractivity contribution in [3.8, 4) is 17.2 Å². The fourth-order valence-corrected chi connectivity index (χ4v) is 2.50. The van der Waals surface area contributed by atoms with E-state index in [1.807, 2.05) is 32.0 Å². The molecule has 0 amide bonds. The number of ether oxygens (including phenoxy) is 4. The first-order valence-corrected chi connectivity index (χ1v) is 7.81. The summed E-state index contributed by atoms with van der Waals surface area (Å²) in [6.07, 6.45) is 0. The van der Waals surface area contributed by atoms with E-state index < -0.39 is 5.97 Å². The largest absolute Gasteiger partial charge is 0.482 e. The highest BCUT2D eigenvalue weighted by Crippen LogP contribution is 2.32. The van der Waals surface area contributed by atoms with E-state index in [9.17, 15) is 9.59 Å². The minimum atomic E-state index is -0.603. The van der Waals surface area contributed by atoms with Gasteiger partial charge in [-0.2, -0.15) is 0 Å². The van der Waals surface area contributed by atoms with Gasteiger partial charge in [-0.1, -0.05) is 6.07 Å². The smallest absolute Gasteiger partial charge is 0.344 e. The topological polar surface area (TPSA) is 71.1 Å². The molecule has 2 aromatic carbocycles. The third kappa shape index (κ3) is 4.29. The highest BCUT2D eigenvalue weighted by atomic mass is 16.7. The fraction of sp³-hybridized carbons (Fsp3) is 0.263. The zero-order chi connectivity index (χ0) is 17.8. The van der Waals surface area contributed by atoms with E-state index in [-0.39, 0.29) is 25.8 Å². The molecule has 0 aromatic heterocycles. The molecule has 130 valence electrons. The van der Waals surface area contributed by atoms with Crippen LogP contribution < -0.4 is 14.2 Å². The van der Waals surface area contributed by atoms with Crippen molar-refractivity contribution < 1.29 is 28.5 Å². The number of rotatable bonds is 6. The molecule has 0 bridgehead atoms. The number of Topliss-reactive ketones (excluding diaryl/α,β-unsaturated/α-hetero) is 1. The fourth-order valence-electron chi connectivity index (χ4n) is 2.50. The van der Waals surface area contributed by atoms with Crippen molar-refractivity contribution in [3.05, 3.63) is 53.1 Å². The number of ketones is 1. The average Bonchev–Trinajstić information content (AvgIpc) is 3.04. The zero-order valence-electron chi connectivity index (χ0n) is 14.0. The maximum Gasteiger partial charge on any atom is 0.344 e. The van der Waals surface area contributed by atoms with E-state index in [0.29, 0.717) is 22.8 Å². The third-order valence-corrected chi connectivity index (χ3v) is 3.61. The summed E-state index contributed by atoms with van der Waals surface area (Å²) in [7, 11) is 0. The number of hydrogen-bond acceptors (Lipinski definition) is 6. The molecule has 0 fully saturated rings. The molecule has 0 saturated carbocycles. The lowest BCUT2D eigenvalue weighted by Crippen LogP contribution is -2.19. The van der Waals surface area contributed by atoms with E-state index >= 15 is 0 Å². The van der Waals surface area contributed by atoms with Crippen molar-refractivity contribution in [1.29, 1.82) is 0 Å². The molecule has 2 aromatic rings. The summed E-state index contributed by atoms with van der Waals surface area (Å²) in [6, 6.07) is 10.5. The van der Waals surface area contributed by atoms with Crippen LogP contribution in [0, 0.1) is 13.8 Å². The van der Waals surface area contributed by atoms with E-state index in [1.54, 1.807) is 18.2 Å². The molecule has 0 unspecified atom stereocenters. The van der Waals surface area contributed by atoms with Crippen molar-refractivity contribution in [3.63, 3.8) is 0 Å². The molecule has 0 atom stereocenters. The van der Waals surface area contributed by atoms with Crippen LogP contribution in [0.15, 0.2) is 36.4 Å². The van der Waals surface area contributed by atoms with E-state index in [0.717, 1.165) is 11.1 Å². The minimum Gasteiger partial charge on any atom is -0.482 e. The molecule has 25 heavy (non-hydrogen) atoms. The molecule has 0 radical (unpaired) electrons. The molecule has 0 spiro atoms. The molecule has 1 aliphatic rings. The van der Waals surface area contributed by atoms with Crippen molar-refractivity contribution in [2.75, 3.05) is 20.0 Å². The molecule has 0 aliphatic carbocycles. The number of fused-ring (bicyclic) bond motifs is 1. The van der Waals surface area contributed by atoms with Gasteiger partial charge in [0.05, 0.1) is 0 Å². The van der Waals surface area contributed by atoms with Gasteiger partial charge < -0.3 is 18.9 Å². The Bertz CT molecular complexity index is 791. The van der Waals surface area contributed by atoms with Gasteiger partial charge >= 0.3 is 5.97 Å². The second-order valence-electron chi connectivity index (χ2n) is 5.76. The van der Waals surface area contributed by atoms with Crippen molar-refractivity contribution >= 4 is 11.8 Å². The SMILES string of the molecule is Cc1cc(C)cc(OCC(=O)OCC(=O)c2ccc3c(c2)OCO3)c1. The van der Waals surface area contributed by atoms with Crippen LogP contribution >= 0.6 is 0 Å². The summed E-state index contributed by atoms with van der Waals surface area (Å²) >= 11 is 0. The second kappa shape index (κ2) is 7.25. The average molecular weight is 342 g/mol. The first-order valence-electron chi connectivity index (χ1n) is 7.81. The Balaban J connectivity index is 1.49. The molecule has 3 rings (SSSR count). The number of hydrogen-bond donors (Lipinski definition) is 0. The van der Waals surface area contributed by atoms with Crippen LogP contribution in [0.5, 0.6) is 17.2 Å². The number of aryl methyl sites for hydroxylation is 2. The van der Waals surface area contributed by atoms with Gasteiger partial charge in [0, 0.05) is 5.56 Å². The summed E-state index contributed by atoms with van der Waals surface area (Å²) in [5, 5.41) is 0. The van der Waals surface area contributed by atoms with Gasteiger partial charge in [-0.15, -0.1) is 0 Å². The second-order valence-corrected chi connectivity index (χ2v) is 5.76. The van der Waals surface area contributed by atoms with Gasteiger partial charge in [-0.25, -0.2) is 4.79 Å². The van der Waals surface area contributed by atoms with E-state index in [2.05, 4.69) is 0 Å². The van der Waals surface area contributed by atoms with Crippen LogP contribution in [0.25, 0.3) is 0 Å². The Labute approximate surface area is 145 Å². The Morgan fingerprint density at radius 1 is 0.960 bits per heavy atom. The van der Waals surface area contributed by atoms with Gasteiger partial charge in [-0.05, 0) is 55.3 Å². The van der Waals surface area contributed by atoms with Gasteiger partial charge in [0.2, 0.25) is 6.79 Å². The first-order chi connectivity index (χ1) is 12.0. The van der Waals surface area contributed by atoms with E-state index in [4.69, 9.17) is 18.9 Å². The van der Waals surface area contributed by atoms with Crippen LogP contribution in [0.3, 0.4) is 0 Å². The number of carbonyl (C=O) groups excluding carboxylic acids is 2. The molecule has 6 nitrogen and oxygen atoms in total. The highest BCUT2D eigenvalue weighted by molar-refractivity contribution is 5.98. The van der Waals surface area contributed by atoms with Gasteiger partial charge in [0.1, 0.15) is 5.75 Å². The quantitative estimate of drug-likeness (QED) is 0.594. The van der Waals surface area contributed by atoms with Crippen LogP contribution in [-0.4, -0.2) is 31.8 Å². The molecule has 0 saturated heterocycles. The highest BCUT2D eigenvalue weighted by Gasteiger charge is 2.17. The Morgan fingerprint density at radius 3 is 2.44 bits per heavy atom. The number of carbonyl (C=O) groups is 2. The third-order valence-electron chi connectivity index (χ3n) is 3.61. The molecule has 0 N–H and O–H groups in total. The first kappa shape index (κ1) is 16.8. The Hall–Kier alpha value is -3.02. The molecular formula is C19H18O6. The molecule has 1 heterocycles. The monoisotopic (exact) mass is 342 g/mol. The summed E-state index contributed by atoms with van der Waals surface area (Å²) in [6.45, 7) is 3.42. The maximum absolute atomic E-state index is 12.1. The van der Waals surface area contributed by atoms with Crippen molar-refractivity contribution in [1.82, 2.24) is 0 Å². The zero-order valence-corrected chi connectivity index (χ0v) is 14.0. The summed E-state index contributed by atoms with van der Waals surface area (Å²) < 4.78 is 20.8. The van der Waals surface area contributed by atoms with Crippen molar-refractivity contribution in [2.24, 2.45) is 0 Å². The van der Waals surface area contributed by atoms with Gasteiger partial charge in [0.15, 0.2) is 30.5 Å². The normalized spacial score (nSPS) is 11.9. The van der Waals surface area contributed by atoms with Crippen molar-refractivity contribution in [2.45, 2.75) is 13.8 Å². The van der Waals surface area contributed by atoms with Gasteiger partial charge in [0.25, 0.3) is 0 Å². The number of benzene rings is 2. The summed E-state index contributed by atoms with van der Waals surface area (Å²) in [4.78, 5) is 23.9. The van der Waals surface area contributed by atoms with Gasteiger partial charge in [-0.3, -0.25) is 4.79 Å². The lowest BCUT2D eigenvalue weighted by atomic mass is 10.1. The Kier molecular flexibility index (Phi) is 4.88. The minimum absolute atomic E-state index is 0.137. The summed E-state index contributed by atoms with van der Waals surface area (Å²) in [5.41, 5.74) is 2.48. The van der Waals surface area contributed by atoms with Crippen LogP contribution in [-0.2, 0) is 9.53 Å². The van der Waals surface area contributed by atoms with Crippen LogP contribution in [0.4, 0.5) is 0 Å². The standard InChI is InChI=1S/C19H18O6/c1-12-5-13(2)7-15(6-12)22-10-19(21)23-9-16(20)14-3-4-17-18(8-14)25-11-24-17/h3-8H,9-11H2,1-2H3. The lowest BCUT2D eigenvalue weighted by Gasteiger charge is -2.08. The molecular weight excluding hydrogens is 324 g/mol. The predicted molar refractivity (Wildman–Crippen MR) is 89.3 cm³/mol. The number of esters is 1.